The summed E-state index contributed by atoms with van der Waals surface area (Å²) in [6.45, 7) is 0. The van der Waals surface area contributed by atoms with Crippen molar-refractivity contribution in [3.63, 3.8) is 0 Å². The van der Waals surface area contributed by atoms with Gasteiger partial charge in [-0.3, -0.25) is 10.1 Å². The van der Waals surface area contributed by atoms with Gasteiger partial charge >= 0.3 is 5.69 Å². The number of phenols is 1. The first-order valence-corrected chi connectivity index (χ1v) is 4.27. The molecule has 0 spiro atoms. The molecule has 0 fully saturated rings. The van der Waals surface area contributed by atoms with E-state index in [1.54, 1.807) is 0 Å². The molecule has 2 aromatic rings. The van der Waals surface area contributed by atoms with E-state index in [2.05, 4.69) is 31.3 Å². The Morgan fingerprint density at radius 2 is 2.29 bits per heavy atom. The molecule has 2 N–H and O–H groups in total. The summed E-state index contributed by atoms with van der Waals surface area (Å²) in [5, 5.41) is 29.6. The van der Waals surface area contributed by atoms with Gasteiger partial charge in [0.2, 0.25) is 5.75 Å². The summed E-state index contributed by atoms with van der Waals surface area (Å²) in [6, 6.07) is 1.15. The summed E-state index contributed by atoms with van der Waals surface area (Å²) in [4.78, 5) is 9.82. The topological polar surface area (TPSA) is 105 Å². The van der Waals surface area contributed by atoms with Crippen LogP contribution in [0.4, 0.5) is 5.69 Å². The molecule has 2 rings (SSSR count). The maximum Gasteiger partial charge on any atom is 0.314 e. The van der Waals surface area contributed by atoms with Gasteiger partial charge in [-0.05, 0) is 15.9 Å². The molecule has 0 aliphatic rings. The van der Waals surface area contributed by atoms with Crippen LogP contribution in [0.3, 0.4) is 0 Å². The van der Waals surface area contributed by atoms with E-state index in [0.717, 1.165) is 6.07 Å². The van der Waals surface area contributed by atoms with Crippen molar-refractivity contribution in [3.8, 4) is 5.75 Å². The number of H-pyrrole nitrogens is 1. The minimum Gasteiger partial charge on any atom is -0.501 e. The second-order valence-electron chi connectivity index (χ2n) is 2.51. The van der Waals surface area contributed by atoms with Gasteiger partial charge in [0, 0.05) is 6.07 Å². The van der Waals surface area contributed by atoms with Crippen molar-refractivity contribution in [2.45, 2.75) is 0 Å². The van der Waals surface area contributed by atoms with E-state index in [4.69, 9.17) is 0 Å². The van der Waals surface area contributed by atoms with Crippen LogP contribution in [-0.4, -0.2) is 25.4 Å². The van der Waals surface area contributed by atoms with Gasteiger partial charge in [0.15, 0.2) is 0 Å². The highest BCUT2D eigenvalue weighted by Crippen LogP contribution is 2.38. The minimum absolute atomic E-state index is 0.162. The van der Waals surface area contributed by atoms with E-state index in [1.807, 2.05) is 0 Å². The lowest BCUT2D eigenvalue weighted by Gasteiger charge is -1.97. The number of halogens is 1. The molecule has 14 heavy (non-hydrogen) atoms. The van der Waals surface area contributed by atoms with Crippen LogP contribution >= 0.6 is 15.9 Å². The Morgan fingerprint density at radius 3 is 2.93 bits per heavy atom. The molecule has 0 atom stereocenters. The Kier molecular flexibility index (Phi) is 1.84. The van der Waals surface area contributed by atoms with Crippen molar-refractivity contribution in [2.75, 3.05) is 0 Å². The highest BCUT2D eigenvalue weighted by atomic mass is 79.9. The third-order valence-electron chi connectivity index (χ3n) is 1.70. The molecule has 0 aliphatic heterocycles. The van der Waals surface area contributed by atoms with E-state index in [1.165, 1.54) is 0 Å². The van der Waals surface area contributed by atoms with Crippen LogP contribution in [0, 0.1) is 10.1 Å². The van der Waals surface area contributed by atoms with Crippen LogP contribution in [0.15, 0.2) is 10.5 Å². The number of rotatable bonds is 1. The molecule has 7 nitrogen and oxygen atoms in total. The maximum absolute atomic E-state index is 10.5. The minimum atomic E-state index is -0.686. The summed E-state index contributed by atoms with van der Waals surface area (Å²) < 4.78 is 0.162. The van der Waals surface area contributed by atoms with E-state index < -0.39 is 16.4 Å². The molecule has 0 bridgehead atoms. The fourth-order valence-corrected chi connectivity index (χ4v) is 1.56. The number of nitro benzene ring substituents is 1. The highest BCUT2D eigenvalue weighted by molar-refractivity contribution is 9.10. The molecule has 0 radical (unpaired) electrons. The number of hydrogen-bond acceptors (Lipinski definition) is 5. The second kappa shape index (κ2) is 2.91. The van der Waals surface area contributed by atoms with Gasteiger partial charge in [0.25, 0.3) is 0 Å². The molecule has 0 unspecified atom stereocenters. The molecule has 72 valence electrons. The average Bonchev–Trinajstić information content (AvgIpc) is 2.58. The van der Waals surface area contributed by atoms with Crippen LogP contribution in [0.2, 0.25) is 0 Å². The van der Waals surface area contributed by atoms with Gasteiger partial charge in [-0.2, -0.15) is 15.4 Å². The summed E-state index contributed by atoms with van der Waals surface area (Å²) in [5.74, 6) is -0.448. The van der Waals surface area contributed by atoms with E-state index >= 15 is 0 Å². The summed E-state index contributed by atoms with van der Waals surface area (Å²) in [7, 11) is 0. The zero-order valence-electron chi connectivity index (χ0n) is 6.56. The lowest BCUT2D eigenvalue weighted by Crippen LogP contribution is -1.89. The first-order chi connectivity index (χ1) is 6.61. The lowest BCUT2D eigenvalue weighted by molar-refractivity contribution is -0.385. The van der Waals surface area contributed by atoms with Crippen molar-refractivity contribution in [1.82, 2.24) is 15.4 Å². The number of aromatic nitrogens is 3. The number of hydrogen-bond donors (Lipinski definition) is 2. The summed E-state index contributed by atoms with van der Waals surface area (Å²) in [6.07, 6.45) is 0. The number of nitro groups is 1. The second-order valence-corrected chi connectivity index (χ2v) is 3.30. The molecule has 1 heterocycles. The smallest absolute Gasteiger partial charge is 0.314 e. The fraction of sp³-hybridized carbons (Fsp3) is 0. The van der Waals surface area contributed by atoms with E-state index in [0.29, 0.717) is 11.0 Å². The van der Waals surface area contributed by atoms with Crippen molar-refractivity contribution in [2.24, 2.45) is 0 Å². The number of aromatic hydroxyl groups is 1. The van der Waals surface area contributed by atoms with Gasteiger partial charge in [-0.15, -0.1) is 0 Å². The number of aromatic amines is 1. The van der Waals surface area contributed by atoms with Crippen LogP contribution in [0.1, 0.15) is 0 Å². The largest absolute Gasteiger partial charge is 0.501 e. The van der Waals surface area contributed by atoms with Crippen LogP contribution in [-0.2, 0) is 0 Å². The Balaban J connectivity index is 2.87. The lowest BCUT2D eigenvalue weighted by atomic mass is 10.2. The Labute approximate surface area is 85.0 Å². The van der Waals surface area contributed by atoms with Crippen LogP contribution < -0.4 is 0 Å². The van der Waals surface area contributed by atoms with E-state index in [9.17, 15) is 15.2 Å². The van der Waals surface area contributed by atoms with Crippen LogP contribution in [0.5, 0.6) is 5.75 Å². The normalized spacial score (nSPS) is 10.6. The SMILES string of the molecule is O=[N+]([O-])c1cc2n[nH]nc2c(Br)c1O. The zero-order valence-corrected chi connectivity index (χ0v) is 8.15. The van der Waals surface area contributed by atoms with Crippen molar-refractivity contribution < 1.29 is 10.0 Å². The fourth-order valence-electron chi connectivity index (χ4n) is 1.06. The monoisotopic (exact) mass is 258 g/mol. The first kappa shape index (κ1) is 8.88. The van der Waals surface area contributed by atoms with Gasteiger partial charge in [-0.25, -0.2) is 0 Å². The third-order valence-corrected chi connectivity index (χ3v) is 2.45. The number of benzene rings is 1. The Hall–Kier alpha value is -1.70. The number of nitrogens with zero attached hydrogens (tertiary/aromatic N) is 3. The predicted octanol–water partition coefficient (Wildman–Crippen LogP) is 1.33. The molecule has 0 amide bonds. The van der Waals surface area contributed by atoms with Crippen molar-refractivity contribution >= 4 is 32.7 Å². The molecular formula is C6H3BrN4O3. The Morgan fingerprint density at radius 1 is 1.57 bits per heavy atom. The molecule has 0 aliphatic carbocycles. The van der Waals surface area contributed by atoms with Gasteiger partial charge in [0.1, 0.15) is 11.0 Å². The molecule has 1 aromatic carbocycles. The average molecular weight is 259 g/mol. The predicted molar refractivity (Wildman–Crippen MR) is 49.9 cm³/mol. The van der Waals surface area contributed by atoms with Crippen molar-refractivity contribution in [1.29, 1.82) is 0 Å². The summed E-state index contributed by atoms with van der Waals surface area (Å²) in [5.41, 5.74) is 0.271. The van der Waals surface area contributed by atoms with Crippen LogP contribution in [0.25, 0.3) is 11.0 Å². The number of fused-ring (bicyclic) bond motifs is 1. The summed E-state index contributed by atoms with van der Waals surface area (Å²) >= 11 is 3.00. The maximum atomic E-state index is 10.5. The molecular weight excluding hydrogens is 256 g/mol. The quantitative estimate of drug-likeness (QED) is 0.593. The van der Waals surface area contributed by atoms with Gasteiger partial charge in [-0.1, -0.05) is 0 Å². The van der Waals surface area contributed by atoms with E-state index in [-0.39, 0.29) is 4.47 Å². The third kappa shape index (κ3) is 1.11. The standard InChI is InChI=1S/C6H3BrN4O3/c7-4-5-2(8-10-9-5)1-3(6(4)12)11(13)14/h1,12H,(H,8,9,10). The zero-order chi connectivity index (χ0) is 10.3. The molecule has 0 saturated carbocycles. The van der Waals surface area contributed by atoms with Crippen molar-refractivity contribution in [3.05, 3.63) is 20.7 Å². The molecule has 8 heteroatoms. The first-order valence-electron chi connectivity index (χ1n) is 3.47. The molecule has 1 aromatic heterocycles. The van der Waals surface area contributed by atoms with Gasteiger partial charge < -0.3 is 5.11 Å². The van der Waals surface area contributed by atoms with Gasteiger partial charge in [0.05, 0.1) is 9.40 Å². The number of nitrogens with one attached hydrogen (secondary N) is 1. The highest BCUT2D eigenvalue weighted by Gasteiger charge is 2.21. The number of phenolic OH excluding ortho intramolecular Hbond substituents is 1. The molecule has 0 saturated heterocycles. The Bertz CT molecular complexity index is 523.